The van der Waals surface area contributed by atoms with Gasteiger partial charge in [0, 0.05) is 11.6 Å². The van der Waals surface area contributed by atoms with Crippen LogP contribution in [0.25, 0.3) is 23.2 Å². The van der Waals surface area contributed by atoms with Gasteiger partial charge in [0.15, 0.2) is 16.1 Å². The van der Waals surface area contributed by atoms with Gasteiger partial charge in [-0.25, -0.2) is 9.67 Å². The molecule has 2 heterocycles. The average molecular weight is 758 g/mol. The minimum Gasteiger partial charge on any atom is -0.406 e. The number of anilines is 1. The zero-order valence-corrected chi connectivity index (χ0v) is 29.7. The summed E-state index contributed by atoms with van der Waals surface area (Å²) in [6.07, 6.45) is -0.657. The Kier molecular flexibility index (Phi) is 11.1. The molecule has 1 fully saturated rings. The summed E-state index contributed by atoms with van der Waals surface area (Å²) in [5.41, 5.74) is 5.20. The lowest BCUT2D eigenvalue weighted by molar-refractivity contribution is -0.274. The van der Waals surface area contributed by atoms with Crippen LogP contribution in [0.4, 0.5) is 18.9 Å². The maximum Gasteiger partial charge on any atom is 0.573 e. The Hall–Kier alpha value is -4.01. The number of benzene rings is 3. The van der Waals surface area contributed by atoms with Crippen LogP contribution in [0.15, 0.2) is 82.5 Å². The maximum absolute atomic E-state index is 12.9. The molecule has 1 saturated heterocycles. The summed E-state index contributed by atoms with van der Waals surface area (Å²) in [7, 11) is 0. The fourth-order valence-corrected chi connectivity index (χ4v) is 6.98. The van der Waals surface area contributed by atoms with Gasteiger partial charge in [-0.2, -0.15) is 4.99 Å². The number of rotatable bonds is 9. The smallest absolute Gasteiger partial charge is 0.406 e. The second-order valence-corrected chi connectivity index (χ2v) is 13.8. The minimum absolute atomic E-state index is 0.0226. The number of thioether (sulfide) groups is 1. The van der Waals surface area contributed by atoms with Gasteiger partial charge in [0.1, 0.15) is 12.1 Å². The molecule has 0 aliphatic carbocycles. The number of amidine groups is 1. The van der Waals surface area contributed by atoms with Gasteiger partial charge in [0.25, 0.3) is 0 Å². The first-order valence-electron chi connectivity index (χ1n) is 15.0. The summed E-state index contributed by atoms with van der Waals surface area (Å²) in [4.78, 5) is 23.6. The Bertz CT molecular complexity index is 1880. The van der Waals surface area contributed by atoms with E-state index in [2.05, 4.69) is 67.0 Å². The highest BCUT2D eigenvalue weighted by atomic mass is 79.9. The molecule has 1 amide bonds. The predicted molar refractivity (Wildman–Crippen MR) is 193 cm³/mol. The van der Waals surface area contributed by atoms with Crippen molar-refractivity contribution >= 4 is 67.9 Å². The third kappa shape index (κ3) is 9.11. The quantitative estimate of drug-likeness (QED) is 0.171. The zero-order chi connectivity index (χ0) is 34.6. The molecule has 4 aromatic rings. The predicted octanol–water partition coefficient (Wildman–Crippen LogP) is 8.79. The van der Waals surface area contributed by atoms with Crippen molar-refractivity contribution in [3.8, 4) is 22.8 Å². The zero-order valence-electron chi connectivity index (χ0n) is 26.5. The summed E-state index contributed by atoms with van der Waals surface area (Å²) >= 11 is 10.6. The van der Waals surface area contributed by atoms with Gasteiger partial charge < -0.3 is 10.1 Å². The van der Waals surface area contributed by atoms with Gasteiger partial charge >= 0.3 is 6.36 Å². The molecule has 1 atom stereocenters. The Morgan fingerprint density at radius 3 is 2.60 bits per heavy atom. The Labute approximate surface area is 294 Å². The van der Waals surface area contributed by atoms with Crippen LogP contribution >= 0.6 is 39.9 Å². The fourth-order valence-electron chi connectivity index (χ4n) is 5.02. The third-order valence-corrected chi connectivity index (χ3v) is 8.86. The first-order chi connectivity index (χ1) is 22.8. The number of aliphatic imine (C=N–C) groups is 1. The number of ether oxygens (including phenoxy) is 1. The molecule has 48 heavy (non-hydrogen) atoms. The lowest BCUT2D eigenvalue weighted by Crippen LogP contribution is -2.34. The van der Waals surface area contributed by atoms with Crippen molar-refractivity contribution in [3.63, 3.8) is 0 Å². The molecule has 1 aromatic heterocycles. The molecule has 8 nitrogen and oxygen atoms in total. The number of hydrogen-bond donors (Lipinski definition) is 1. The number of nitrogens with one attached hydrogen (secondary N) is 1. The summed E-state index contributed by atoms with van der Waals surface area (Å²) < 4.78 is 43.8. The number of aryl methyl sites for hydroxylation is 1. The number of amides is 1. The highest BCUT2D eigenvalue weighted by molar-refractivity contribution is 9.11. The van der Waals surface area contributed by atoms with Crippen molar-refractivity contribution in [3.05, 3.63) is 94.2 Å². The van der Waals surface area contributed by atoms with Crippen molar-refractivity contribution in [1.82, 2.24) is 20.1 Å². The van der Waals surface area contributed by atoms with Crippen molar-refractivity contribution in [1.29, 1.82) is 0 Å². The van der Waals surface area contributed by atoms with E-state index in [-0.39, 0.29) is 23.6 Å². The van der Waals surface area contributed by atoms with Crippen LogP contribution in [0.3, 0.4) is 0 Å². The largest absolute Gasteiger partial charge is 0.573 e. The Balaban J connectivity index is 1.22. The molecule has 0 radical (unpaired) electrons. The molecule has 0 bridgehead atoms. The summed E-state index contributed by atoms with van der Waals surface area (Å²) in [6, 6.07) is 19.1. The number of hydrogen-bond acceptors (Lipinski definition) is 6. The van der Waals surface area contributed by atoms with Crippen LogP contribution in [0, 0.1) is 6.92 Å². The van der Waals surface area contributed by atoms with Gasteiger partial charge in [-0.1, -0.05) is 71.9 Å². The SMILES string of the molecule is Cc1ccc(C(C)C)c(N2C(=O)CSC2=NC(=S)NC(C)C/C(Br)=C\c2cccc(-c3ncn(-c4ccc(OC(F)(F)F)cc4)n3)c2)c1. The van der Waals surface area contributed by atoms with E-state index in [0.29, 0.717) is 34.0 Å². The number of carbonyl (C=O) groups is 1. The molecular weight excluding hydrogens is 725 g/mol. The van der Waals surface area contributed by atoms with Crippen LogP contribution in [0.2, 0.25) is 0 Å². The second kappa shape index (κ2) is 15.0. The van der Waals surface area contributed by atoms with Crippen LogP contribution in [-0.2, 0) is 4.79 Å². The summed E-state index contributed by atoms with van der Waals surface area (Å²) in [6.45, 7) is 8.21. The van der Waals surface area contributed by atoms with Crippen molar-refractivity contribution in [2.45, 2.75) is 52.4 Å². The van der Waals surface area contributed by atoms with Crippen LogP contribution in [0.5, 0.6) is 5.75 Å². The highest BCUT2D eigenvalue weighted by Crippen LogP contribution is 2.34. The lowest BCUT2D eigenvalue weighted by Gasteiger charge is -2.22. The minimum atomic E-state index is -4.76. The van der Waals surface area contributed by atoms with E-state index in [1.54, 1.807) is 4.90 Å². The first kappa shape index (κ1) is 35.3. The molecule has 14 heteroatoms. The van der Waals surface area contributed by atoms with Gasteiger partial charge in [0.2, 0.25) is 5.91 Å². The van der Waals surface area contributed by atoms with Gasteiger partial charge in [-0.3, -0.25) is 9.69 Å². The number of alkyl halides is 3. The monoisotopic (exact) mass is 756 g/mol. The van der Waals surface area contributed by atoms with Crippen LogP contribution < -0.4 is 15.0 Å². The van der Waals surface area contributed by atoms with E-state index in [4.69, 9.17) is 12.2 Å². The molecular formula is C34H32BrF3N6O2S2. The Morgan fingerprint density at radius 2 is 1.90 bits per heavy atom. The fraction of sp³-hybridized carbons (Fsp3) is 0.265. The standard InChI is InChI=1S/C34H32BrF3N6O2S2/c1-20(2)28-13-8-21(3)14-29(28)44-30(45)18-48-33(44)41-32(47)40-22(4)15-25(35)17-23-6-5-7-24(16-23)31-39-19-43(42-31)26-9-11-27(12-10-26)46-34(36,37)38/h5-14,16-17,19-20,22H,15,18H2,1-4H3,(H,40,47)/b25-17+,41-33?. The lowest BCUT2D eigenvalue weighted by atomic mass is 9.99. The molecule has 1 N–H and O–H groups in total. The van der Waals surface area contributed by atoms with Crippen molar-refractivity contribution < 1.29 is 22.7 Å². The molecule has 1 unspecified atom stereocenters. The molecule has 0 spiro atoms. The van der Waals surface area contributed by atoms with E-state index in [9.17, 15) is 18.0 Å². The molecule has 250 valence electrons. The van der Waals surface area contributed by atoms with E-state index in [0.717, 1.165) is 32.4 Å². The Morgan fingerprint density at radius 1 is 1.15 bits per heavy atom. The average Bonchev–Trinajstić information content (AvgIpc) is 3.63. The number of halogens is 4. The molecule has 1 aliphatic rings. The van der Waals surface area contributed by atoms with Gasteiger partial charge in [-0.15, -0.1) is 18.3 Å². The molecule has 5 rings (SSSR count). The van der Waals surface area contributed by atoms with Gasteiger partial charge in [0.05, 0.1) is 17.1 Å². The van der Waals surface area contributed by atoms with E-state index in [1.165, 1.54) is 47.0 Å². The normalized spacial score (nSPS) is 15.4. The number of carbonyl (C=O) groups excluding carboxylic acids is 1. The van der Waals surface area contributed by atoms with E-state index >= 15 is 0 Å². The van der Waals surface area contributed by atoms with Crippen molar-refractivity contribution in [2.75, 3.05) is 10.7 Å². The van der Waals surface area contributed by atoms with Gasteiger partial charge in [-0.05, 0) is 102 Å². The number of thiocarbonyl (C=S) groups is 1. The molecule has 0 saturated carbocycles. The summed E-state index contributed by atoms with van der Waals surface area (Å²) in [5.74, 6) is 0.663. The molecule has 1 aliphatic heterocycles. The van der Waals surface area contributed by atoms with Crippen molar-refractivity contribution in [2.24, 2.45) is 4.99 Å². The second-order valence-electron chi connectivity index (χ2n) is 11.5. The highest BCUT2D eigenvalue weighted by Gasteiger charge is 2.32. The molecule has 3 aromatic carbocycles. The van der Waals surface area contributed by atoms with Crippen LogP contribution in [0.1, 0.15) is 49.8 Å². The third-order valence-electron chi connectivity index (χ3n) is 7.18. The number of nitrogens with zero attached hydrogens (tertiary/aromatic N) is 5. The van der Waals surface area contributed by atoms with E-state index < -0.39 is 6.36 Å². The summed E-state index contributed by atoms with van der Waals surface area (Å²) in [5, 5.41) is 8.62. The van der Waals surface area contributed by atoms with E-state index in [1.807, 2.05) is 50.3 Å². The first-order valence-corrected chi connectivity index (χ1v) is 17.1. The number of aromatic nitrogens is 3. The maximum atomic E-state index is 12.9. The van der Waals surface area contributed by atoms with Crippen LogP contribution in [-0.4, -0.2) is 49.1 Å². The topological polar surface area (TPSA) is 84.6 Å².